The maximum absolute atomic E-state index is 13.6. The van der Waals surface area contributed by atoms with Crippen LogP contribution in [0.15, 0.2) is 42.6 Å². The number of carboxylic acid groups (broad SMARTS) is 1. The van der Waals surface area contributed by atoms with Crippen LogP contribution in [0.25, 0.3) is 11.1 Å². The maximum Gasteiger partial charge on any atom is 0.395 e. The van der Waals surface area contributed by atoms with Crippen LogP contribution in [0, 0.1) is 16.1 Å². The molecular weight excluding hydrogens is 433 g/mol. The molecule has 0 fully saturated rings. The van der Waals surface area contributed by atoms with Gasteiger partial charge in [-0.15, -0.1) is 0 Å². The van der Waals surface area contributed by atoms with Crippen molar-refractivity contribution < 1.29 is 27.3 Å². The predicted molar refractivity (Wildman–Crippen MR) is 109 cm³/mol. The summed E-state index contributed by atoms with van der Waals surface area (Å²) >= 11 is 0. The van der Waals surface area contributed by atoms with Gasteiger partial charge in [-0.2, -0.15) is 18.4 Å². The first-order valence-electron chi connectivity index (χ1n) is 9.18. The number of hydrogen-bond donors (Lipinski definition) is 3. The second-order valence-electron chi connectivity index (χ2n) is 7.00. The molecule has 4 N–H and O–H groups in total. The average Bonchev–Trinajstić information content (AvgIpc) is 2.71. The molecule has 2 aromatic rings. The van der Waals surface area contributed by atoms with Crippen molar-refractivity contribution in [3.63, 3.8) is 0 Å². The second kappa shape index (κ2) is 9.89. The molecule has 0 saturated heterocycles. The molecule has 2 unspecified atom stereocenters. The number of aromatic nitrogens is 1. The standard InChI is InChI=1S/C20H21F3N4O3S/c21-20(22,23)17(7-9-31(26,30)10-8-18(25)19(28)29)14-3-1-13(2-4-14)15-5-6-16(11-24)27-12-15/h1-6,12,17-18,26H,7-10,25H2,(H,28,29)/t17?,18-,31?/m0/s1. The summed E-state index contributed by atoms with van der Waals surface area (Å²) in [5.41, 5.74) is 6.76. The van der Waals surface area contributed by atoms with E-state index in [9.17, 15) is 22.2 Å². The smallest absolute Gasteiger partial charge is 0.395 e. The van der Waals surface area contributed by atoms with Crippen molar-refractivity contribution in [2.75, 3.05) is 11.5 Å². The van der Waals surface area contributed by atoms with Gasteiger partial charge in [0, 0.05) is 33.0 Å². The normalized spacial score (nSPS) is 15.5. The third kappa shape index (κ3) is 7.04. The fourth-order valence-electron chi connectivity index (χ4n) is 2.91. The van der Waals surface area contributed by atoms with Gasteiger partial charge in [-0.1, -0.05) is 24.3 Å². The molecule has 1 aromatic heterocycles. The van der Waals surface area contributed by atoms with E-state index in [4.69, 9.17) is 20.9 Å². The minimum atomic E-state index is -4.61. The fraction of sp³-hybridized carbons (Fsp3) is 0.350. The van der Waals surface area contributed by atoms with Crippen molar-refractivity contribution in [3.05, 3.63) is 53.9 Å². The van der Waals surface area contributed by atoms with Crippen molar-refractivity contribution in [2.24, 2.45) is 5.73 Å². The molecule has 0 aliphatic carbocycles. The minimum Gasteiger partial charge on any atom is -0.480 e. The highest BCUT2D eigenvalue weighted by Crippen LogP contribution is 2.38. The summed E-state index contributed by atoms with van der Waals surface area (Å²) in [7, 11) is -3.41. The number of benzene rings is 1. The van der Waals surface area contributed by atoms with Crippen LogP contribution in [-0.2, 0) is 14.5 Å². The van der Waals surface area contributed by atoms with Gasteiger partial charge in [0.25, 0.3) is 0 Å². The van der Waals surface area contributed by atoms with Crippen LogP contribution < -0.4 is 5.73 Å². The van der Waals surface area contributed by atoms with Gasteiger partial charge in [0.2, 0.25) is 0 Å². The molecule has 0 aliphatic rings. The first-order valence-corrected chi connectivity index (χ1v) is 11.1. The molecule has 0 radical (unpaired) electrons. The monoisotopic (exact) mass is 454 g/mol. The zero-order valence-corrected chi connectivity index (χ0v) is 17.1. The molecule has 0 spiro atoms. The number of hydrogen-bond acceptors (Lipinski definition) is 6. The summed E-state index contributed by atoms with van der Waals surface area (Å²) in [6.45, 7) is 0. The quantitative estimate of drug-likeness (QED) is 0.530. The van der Waals surface area contributed by atoms with Gasteiger partial charge in [-0.05, 0) is 36.1 Å². The molecule has 7 nitrogen and oxygen atoms in total. The molecule has 0 amide bonds. The van der Waals surface area contributed by atoms with Crippen LogP contribution in [0.2, 0.25) is 0 Å². The zero-order chi connectivity index (χ0) is 23.2. The Morgan fingerprint density at radius 1 is 1.16 bits per heavy atom. The molecule has 3 atom stereocenters. The van der Waals surface area contributed by atoms with Crippen LogP contribution in [0.4, 0.5) is 13.2 Å². The number of halogens is 3. The van der Waals surface area contributed by atoms with Gasteiger partial charge in [-0.3, -0.25) is 9.57 Å². The Kier molecular flexibility index (Phi) is 7.75. The molecule has 0 bridgehead atoms. The topological polar surface area (TPSA) is 141 Å². The summed E-state index contributed by atoms with van der Waals surface area (Å²) in [5, 5.41) is 17.5. The largest absolute Gasteiger partial charge is 0.480 e. The lowest BCUT2D eigenvalue weighted by Crippen LogP contribution is -2.32. The van der Waals surface area contributed by atoms with Crippen molar-refractivity contribution >= 4 is 15.7 Å². The van der Waals surface area contributed by atoms with Crippen LogP contribution in [0.1, 0.15) is 30.0 Å². The predicted octanol–water partition coefficient (Wildman–Crippen LogP) is 3.51. The molecule has 166 valence electrons. The van der Waals surface area contributed by atoms with E-state index in [1.165, 1.54) is 36.5 Å². The highest BCUT2D eigenvalue weighted by Gasteiger charge is 2.40. The average molecular weight is 454 g/mol. The number of carboxylic acids is 1. The summed E-state index contributed by atoms with van der Waals surface area (Å²) < 4.78 is 60.9. The van der Waals surface area contributed by atoms with Gasteiger partial charge < -0.3 is 10.8 Å². The molecule has 1 heterocycles. The Labute approximate surface area is 177 Å². The van der Waals surface area contributed by atoms with Gasteiger partial charge in [-0.25, -0.2) is 9.19 Å². The summed E-state index contributed by atoms with van der Waals surface area (Å²) in [5.74, 6) is -4.14. The number of alkyl halides is 3. The molecule has 31 heavy (non-hydrogen) atoms. The molecule has 0 aliphatic heterocycles. The fourth-order valence-corrected chi connectivity index (χ4v) is 4.36. The molecular formula is C20H21F3N4O3S. The Balaban J connectivity index is 2.13. The number of nitrogens with one attached hydrogen (secondary N) is 1. The van der Waals surface area contributed by atoms with E-state index in [0.717, 1.165) is 0 Å². The van der Waals surface area contributed by atoms with Gasteiger partial charge in [0.1, 0.15) is 17.8 Å². The second-order valence-corrected chi connectivity index (χ2v) is 9.44. The highest BCUT2D eigenvalue weighted by atomic mass is 32.2. The maximum atomic E-state index is 13.6. The summed E-state index contributed by atoms with van der Waals surface area (Å²) in [6, 6.07) is 9.35. The van der Waals surface area contributed by atoms with Gasteiger partial charge in [0.15, 0.2) is 0 Å². The van der Waals surface area contributed by atoms with Crippen molar-refractivity contribution in [3.8, 4) is 17.2 Å². The number of carbonyl (C=O) groups is 1. The van der Waals surface area contributed by atoms with E-state index in [1.807, 2.05) is 6.07 Å². The van der Waals surface area contributed by atoms with E-state index in [0.29, 0.717) is 11.1 Å². The van der Waals surface area contributed by atoms with E-state index in [-0.39, 0.29) is 23.4 Å². The van der Waals surface area contributed by atoms with Gasteiger partial charge >= 0.3 is 12.1 Å². The number of rotatable bonds is 9. The molecule has 0 saturated carbocycles. The van der Waals surface area contributed by atoms with Crippen LogP contribution in [0.3, 0.4) is 0 Å². The van der Waals surface area contributed by atoms with Crippen molar-refractivity contribution in [1.82, 2.24) is 4.98 Å². The highest BCUT2D eigenvalue weighted by molar-refractivity contribution is 7.92. The first-order chi connectivity index (χ1) is 14.4. The SMILES string of the molecule is N#Cc1ccc(-c2ccc(C(CCS(=N)(=O)CC[C@H](N)C(=O)O)C(F)(F)F)cc2)cn1. The third-order valence-corrected chi connectivity index (χ3v) is 6.52. The Hall–Kier alpha value is -2.97. The third-order valence-electron chi connectivity index (χ3n) is 4.73. The Morgan fingerprint density at radius 2 is 1.74 bits per heavy atom. The lowest BCUT2D eigenvalue weighted by Gasteiger charge is -2.22. The van der Waals surface area contributed by atoms with Crippen LogP contribution in [0.5, 0.6) is 0 Å². The van der Waals surface area contributed by atoms with Crippen LogP contribution in [-0.4, -0.2) is 44.0 Å². The molecule has 2 rings (SSSR count). The van der Waals surface area contributed by atoms with Crippen molar-refractivity contribution in [2.45, 2.75) is 31.0 Å². The number of aliphatic carboxylic acids is 1. The summed E-state index contributed by atoms with van der Waals surface area (Å²) in [6.07, 6.45) is -3.97. The molecule has 1 aromatic carbocycles. The van der Waals surface area contributed by atoms with E-state index < -0.39 is 46.0 Å². The first kappa shape index (κ1) is 24.3. The van der Waals surface area contributed by atoms with E-state index in [1.54, 1.807) is 6.07 Å². The molecule has 11 heteroatoms. The van der Waals surface area contributed by atoms with Crippen molar-refractivity contribution in [1.29, 1.82) is 10.0 Å². The lowest BCUT2D eigenvalue weighted by atomic mass is 9.94. The zero-order valence-electron chi connectivity index (χ0n) is 16.3. The number of pyridine rings is 1. The Bertz CT molecular complexity index is 1050. The number of nitriles is 1. The lowest BCUT2D eigenvalue weighted by molar-refractivity contribution is -0.150. The van der Waals surface area contributed by atoms with E-state index in [2.05, 4.69) is 4.98 Å². The van der Waals surface area contributed by atoms with E-state index >= 15 is 0 Å². The van der Waals surface area contributed by atoms with Crippen LogP contribution >= 0.6 is 0 Å². The number of nitrogens with zero attached hydrogens (tertiary/aromatic N) is 2. The number of nitrogens with two attached hydrogens (primary N) is 1. The Morgan fingerprint density at radius 3 is 2.23 bits per heavy atom. The minimum absolute atomic E-state index is 0.0321. The van der Waals surface area contributed by atoms with Gasteiger partial charge in [0.05, 0.1) is 5.92 Å². The summed E-state index contributed by atoms with van der Waals surface area (Å²) in [4.78, 5) is 14.6.